The number of amides is 2. The van der Waals surface area contributed by atoms with Crippen LogP contribution in [0.25, 0.3) is 6.08 Å². The van der Waals surface area contributed by atoms with Gasteiger partial charge in [-0.1, -0.05) is 48.5 Å². The van der Waals surface area contributed by atoms with Gasteiger partial charge >= 0.3 is 0 Å². The monoisotopic (exact) mass is 510 g/mol. The highest BCUT2D eigenvalue weighted by Gasteiger charge is 2.38. The Balaban J connectivity index is 1.68. The van der Waals surface area contributed by atoms with Crippen molar-refractivity contribution in [3.63, 3.8) is 0 Å². The fraction of sp³-hybridized carbons (Fsp3) is 0.194. The number of rotatable bonds is 8. The number of hydrogen-bond donors (Lipinski definition) is 0. The minimum absolute atomic E-state index is 0.0667. The molecular formula is C31H27FN2O4. The Kier molecular flexibility index (Phi) is 8.03. The van der Waals surface area contributed by atoms with Gasteiger partial charge in [0.15, 0.2) is 11.5 Å². The number of nitrogens with zero attached hydrogens (tertiary/aromatic N) is 2. The third kappa shape index (κ3) is 5.50. The van der Waals surface area contributed by atoms with Crippen LogP contribution in [0.3, 0.4) is 0 Å². The standard InChI is InChI=1S/C31H27FN2O4/c1-4-37-29-17-23(12-15-28(29)38-19-22-10-13-25(32)14-11-22)16-26-20(2)27(18-33)31(36)34(30(26)35)21(3)24-8-6-5-7-9-24/h5-17,21H,4,19H2,1-3H3/b26-16+. The van der Waals surface area contributed by atoms with E-state index < -0.39 is 17.9 Å². The van der Waals surface area contributed by atoms with Crippen LogP contribution in [0.1, 0.15) is 43.5 Å². The molecule has 0 aromatic heterocycles. The Morgan fingerprint density at radius 3 is 2.34 bits per heavy atom. The maximum atomic E-state index is 13.6. The van der Waals surface area contributed by atoms with Crippen LogP contribution in [-0.4, -0.2) is 23.3 Å². The summed E-state index contributed by atoms with van der Waals surface area (Å²) in [5, 5.41) is 9.74. The van der Waals surface area contributed by atoms with E-state index in [2.05, 4.69) is 0 Å². The molecule has 7 heteroatoms. The molecule has 1 atom stereocenters. The van der Waals surface area contributed by atoms with E-state index in [4.69, 9.17) is 9.47 Å². The number of hydrogen-bond acceptors (Lipinski definition) is 5. The molecule has 38 heavy (non-hydrogen) atoms. The van der Waals surface area contributed by atoms with Crippen LogP contribution >= 0.6 is 0 Å². The Labute approximate surface area is 221 Å². The predicted molar refractivity (Wildman–Crippen MR) is 141 cm³/mol. The molecule has 0 fully saturated rings. The van der Waals surface area contributed by atoms with Gasteiger partial charge in [-0.2, -0.15) is 5.26 Å². The smallest absolute Gasteiger partial charge is 0.272 e. The van der Waals surface area contributed by atoms with E-state index in [9.17, 15) is 19.2 Å². The van der Waals surface area contributed by atoms with Crippen LogP contribution in [-0.2, 0) is 16.2 Å². The zero-order valence-electron chi connectivity index (χ0n) is 21.4. The van der Waals surface area contributed by atoms with Gasteiger partial charge in [-0.25, -0.2) is 4.39 Å². The molecule has 1 aliphatic heterocycles. The van der Waals surface area contributed by atoms with Crippen molar-refractivity contribution < 1.29 is 23.5 Å². The van der Waals surface area contributed by atoms with Gasteiger partial charge in [-0.05, 0) is 73.4 Å². The average molecular weight is 511 g/mol. The largest absolute Gasteiger partial charge is 0.490 e. The maximum absolute atomic E-state index is 13.6. The van der Waals surface area contributed by atoms with Crippen LogP contribution in [0.4, 0.5) is 4.39 Å². The lowest BCUT2D eigenvalue weighted by Gasteiger charge is -2.32. The van der Waals surface area contributed by atoms with Crippen molar-refractivity contribution in [2.75, 3.05) is 6.61 Å². The first-order valence-electron chi connectivity index (χ1n) is 12.2. The maximum Gasteiger partial charge on any atom is 0.272 e. The van der Waals surface area contributed by atoms with Gasteiger partial charge in [0, 0.05) is 5.57 Å². The van der Waals surface area contributed by atoms with Crippen LogP contribution in [0.15, 0.2) is 89.5 Å². The van der Waals surface area contributed by atoms with Crippen LogP contribution in [0.5, 0.6) is 11.5 Å². The molecule has 1 aliphatic rings. The van der Waals surface area contributed by atoms with Crippen molar-refractivity contribution >= 4 is 17.9 Å². The molecular weight excluding hydrogens is 483 g/mol. The number of halogens is 1. The molecule has 4 rings (SSSR count). The van der Waals surface area contributed by atoms with Crippen molar-refractivity contribution in [3.05, 3.63) is 112 Å². The fourth-order valence-corrected chi connectivity index (χ4v) is 4.24. The second-order valence-corrected chi connectivity index (χ2v) is 8.79. The predicted octanol–water partition coefficient (Wildman–Crippen LogP) is 6.16. The summed E-state index contributed by atoms with van der Waals surface area (Å²) in [6.45, 7) is 5.83. The highest BCUT2D eigenvalue weighted by Crippen LogP contribution is 2.35. The Morgan fingerprint density at radius 2 is 1.68 bits per heavy atom. The van der Waals surface area contributed by atoms with E-state index in [1.807, 2.05) is 43.3 Å². The topological polar surface area (TPSA) is 79.6 Å². The second kappa shape index (κ2) is 11.6. The van der Waals surface area contributed by atoms with E-state index in [1.54, 1.807) is 50.3 Å². The van der Waals surface area contributed by atoms with Crippen molar-refractivity contribution in [1.29, 1.82) is 5.26 Å². The fourth-order valence-electron chi connectivity index (χ4n) is 4.24. The molecule has 2 amide bonds. The molecule has 192 valence electrons. The Morgan fingerprint density at radius 1 is 0.974 bits per heavy atom. The van der Waals surface area contributed by atoms with Gasteiger partial charge in [0.2, 0.25) is 0 Å². The van der Waals surface area contributed by atoms with Crippen molar-refractivity contribution in [3.8, 4) is 17.6 Å². The zero-order chi connectivity index (χ0) is 27.2. The summed E-state index contributed by atoms with van der Waals surface area (Å²) in [5.74, 6) is -0.436. The summed E-state index contributed by atoms with van der Waals surface area (Å²) < 4.78 is 24.9. The van der Waals surface area contributed by atoms with Gasteiger partial charge in [0.1, 0.15) is 24.1 Å². The van der Waals surface area contributed by atoms with Gasteiger partial charge in [0.25, 0.3) is 11.8 Å². The van der Waals surface area contributed by atoms with Gasteiger partial charge < -0.3 is 9.47 Å². The third-order valence-corrected chi connectivity index (χ3v) is 6.33. The summed E-state index contributed by atoms with van der Waals surface area (Å²) in [5.41, 5.74) is 2.74. The third-order valence-electron chi connectivity index (χ3n) is 6.33. The first-order valence-corrected chi connectivity index (χ1v) is 12.2. The normalized spacial score (nSPS) is 15.4. The van der Waals surface area contributed by atoms with E-state index in [0.717, 1.165) is 16.0 Å². The highest BCUT2D eigenvalue weighted by atomic mass is 19.1. The van der Waals surface area contributed by atoms with Gasteiger partial charge in [-0.3, -0.25) is 14.5 Å². The molecule has 1 heterocycles. The van der Waals surface area contributed by atoms with E-state index in [1.165, 1.54) is 12.1 Å². The molecule has 0 saturated heterocycles. The molecule has 6 nitrogen and oxygen atoms in total. The van der Waals surface area contributed by atoms with E-state index >= 15 is 0 Å². The lowest BCUT2D eigenvalue weighted by Crippen LogP contribution is -2.44. The van der Waals surface area contributed by atoms with E-state index in [-0.39, 0.29) is 23.6 Å². The lowest BCUT2D eigenvalue weighted by atomic mass is 9.91. The summed E-state index contributed by atoms with van der Waals surface area (Å²) >= 11 is 0. The first-order chi connectivity index (χ1) is 18.3. The summed E-state index contributed by atoms with van der Waals surface area (Å²) in [7, 11) is 0. The highest BCUT2D eigenvalue weighted by molar-refractivity contribution is 6.20. The van der Waals surface area contributed by atoms with Crippen molar-refractivity contribution in [2.45, 2.75) is 33.4 Å². The summed E-state index contributed by atoms with van der Waals surface area (Å²) in [4.78, 5) is 27.9. The minimum atomic E-state index is -0.608. The molecule has 0 bridgehead atoms. The number of ether oxygens (including phenoxy) is 2. The molecule has 0 aliphatic carbocycles. The molecule has 1 unspecified atom stereocenters. The number of carbonyl (C=O) groups is 2. The number of nitriles is 1. The minimum Gasteiger partial charge on any atom is -0.490 e. The lowest BCUT2D eigenvalue weighted by molar-refractivity contribution is -0.143. The second-order valence-electron chi connectivity index (χ2n) is 8.79. The summed E-state index contributed by atoms with van der Waals surface area (Å²) in [6.07, 6.45) is 1.65. The summed E-state index contributed by atoms with van der Waals surface area (Å²) in [6, 6.07) is 21.9. The quantitative estimate of drug-likeness (QED) is 0.268. The molecule has 0 N–H and O–H groups in total. The van der Waals surface area contributed by atoms with Crippen LogP contribution in [0, 0.1) is 17.1 Å². The molecule has 3 aromatic rings. The number of carbonyl (C=O) groups excluding carboxylic acids is 2. The van der Waals surface area contributed by atoms with E-state index in [0.29, 0.717) is 29.2 Å². The molecule has 0 radical (unpaired) electrons. The zero-order valence-corrected chi connectivity index (χ0v) is 21.4. The first kappa shape index (κ1) is 26.4. The number of benzene rings is 3. The average Bonchev–Trinajstić information content (AvgIpc) is 2.92. The van der Waals surface area contributed by atoms with Crippen molar-refractivity contribution in [1.82, 2.24) is 4.90 Å². The van der Waals surface area contributed by atoms with Crippen LogP contribution < -0.4 is 9.47 Å². The van der Waals surface area contributed by atoms with Crippen molar-refractivity contribution in [2.24, 2.45) is 0 Å². The molecule has 0 spiro atoms. The molecule has 3 aromatic carbocycles. The SMILES string of the molecule is CCOc1cc(/C=C2/C(=O)N(C(C)c3ccccc3)C(=O)C(C#N)=C2C)ccc1OCc1ccc(F)cc1. The number of imide groups is 1. The van der Waals surface area contributed by atoms with Crippen LogP contribution in [0.2, 0.25) is 0 Å². The molecule has 0 saturated carbocycles. The Bertz CT molecular complexity index is 1450. The Hall–Kier alpha value is -4.70. The van der Waals surface area contributed by atoms with Gasteiger partial charge in [0.05, 0.1) is 12.6 Å². The van der Waals surface area contributed by atoms with Gasteiger partial charge in [-0.15, -0.1) is 0 Å².